The van der Waals surface area contributed by atoms with E-state index in [1.54, 1.807) is 6.92 Å². The van der Waals surface area contributed by atoms with Gasteiger partial charge in [-0.05, 0) is 47.0 Å². The minimum Gasteiger partial charge on any atom is -0.492 e. The van der Waals surface area contributed by atoms with Crippen molar-refractivity contribution in [1.29, 1.82) is 0 Å². The number of ether oxygens (including phenoxy) is 1. The highest BCUT2D eigenvalue weighted by atomic mass is 79.9. The molecule has 1 rings (SSSR count). The molecule has 5 heteroatoms. The number of nitrogens with two attached hydrogens (primary N) is 2. The van der Waals surface area contributed by atoms with Crippen molar-refractivity contribution < 1.29 is 9.53 Å². The Morgan fingerprint density at radius 3 is 2.61 bits per heavy atom. The van der Waals surface area contributed by atoms with E-state index in [1.807, 2.05) is 25.1 Å². The van der Waals surface area contributed by atoms with Crippen molar-refractivity contribution in [3.63, 3.8) is 0 Å². The van der Waals surface area contributed by atoms with Crippen molar-refractivity contribution in [2.24, 2.45) is 17.4 Å². The van der Waals surface area contributed by atoms with E-state index in [9.17, 15) is 4.79 Å². The molecule has 100 valence electrons. The van der Waals surface area contributed by atoms with E-state index in [4.69, 9.17) is 16.2 Å². The minimum absolute atomic E-state index is 0.124. The summed E-state index contributed by atoms with van der Waals surface area (Å²) < 4.78 is 6.40. The maximum atomic E-state index is 10.9. The van der Waals surface area contributed by atoms with Crippen LogP contribution in [0.1, 0.15) is 19.4 Å². The predicted molar refractivity (Wildman–Crippen MR) is 75.3 cm³/mol. The molecule has 1 amide bonds. The Labute approximate surface area is 116 Å². The molecule has 4 nitrogen and oxygen atoms in total. The average Bonchev–Trinajstić information content (AvgIpc) is 2.26. The maximum Gasteiger partial charge on any atom is 0.223 e. The van der Waals surface area contributed by atoms with E-state index >= 15 is 0 Å². The molecule has 1 aromatic rings. The lowest BCUT2D eigenvalue weighted by Gasteiger charge is -2.13. The summed E-state index contributed by atoms with van der Waals surface area (Å²) in [5, 5.41) is 0. The summed E-state index contributed by atoms with van der Waals surface area (Å²) in [7, 11) is 0. The van der Waals surface area contributed by atoms with Gasteiger partial charge in [-0.15, -0.1) is 0 Å². The van der Waals surface area contributed by atoms with Gasteiger partial charge in [0.25, 0.3) is 0 Å². The van der Waals surface area contributed by atoms with Crippen molar-refractivity contribution in [2.45, 2.75) is 26.3 Å². The minimum atomic E-state index is -0.361. The number of hydrogen-bond donors (Lipinski definition) is 2. The van der Waals surface area contributed by atoms with E-state index < -0.39 is 0 Å². The lowest BCUT2D eigenvalue weighted by molar-refractivity contribution is -0.122. The maximum absolute atomic E-state index is 10.9. The van der Waals surface area contributed by atoms with Crippen LogP contribution < -0.4 is 16.2 Å². The quantitative estimate of drug-likeness (QED) is 0.841. The fraction of sp³-hybridized carbons (Fsp3) is 0.462. The first kappa shape index (κ1) is 15.0. The zero-order chi connectivity index (χ0) is 13.7. The molecular weight excluding hydrogens is 296 g/mol. The summed E-state index contributed by atoms with van der Waals surface area (Å²) in [4.78, 5) is 10.9. The number of rotatable bonds is 6. The Balaban J connectivity index is 2.65. The summed E-state index contributed by atoms with van der Waals surface area (Å²) in [6.07, 6.45) is 0.816. The summed E-state index contributed by atoms with van der Waals surface area (Å²) in [6.45, 7) is 3.98. The van der Waals surface area contributed by atoms with Crippen LogP contribution in [0.15, 0.2) is 22.7 Å². The zero-order valence-corrected chi connectivity index (χ0v) is 12.2. The molecule has 1 aromatic carbocycles. The van der Waals surface area contributed by atoms with Crippen LogP contribution in [0, 0.1) is 5.92 Å². The lowest BCUT2D eigenvalue weighted by Crippen LogP contribution is -2.25. The number of primary amides is 1. The number of benzene rings is 1. The van der Waals surface area contributed by atoms with Gasteiger partial charge in [-0.3, -0.25) is 4.79 Å². The molecule has 2 unspecified atom stereocenters. The molecule has 0 fully saturated rings. The standard InChI is InChI=1S/C13H19BrN2O2/c1-8(13(16)17)7-18-12-4-3-10(5-9(2)15)6-11(12)14/h3-4,6,8-9H,5,7,15H2,1-2H3,(H2,16,17). The van der Waals surface area contributed by atoms with Crippen LogP contribution in [0.5, 0.6) is 5.75 Å². The third kappa shape index (κ3) is 4.66. The third-order valence-electron chi connectivity index (χ3n) is 2.53. The summed E-state index contributed by atoms with van der Waals surface area (Å²) >= 11 is 3.44. The van der Waals surface area contributed by atoms with E-state index in [-0.39, 0.29) is 24.5 Å². The van der Waals surface area contributed by atoms with Crippen LogP contribution >= 0.6 is 15.9 Å². The molecule has 0 spiro atoms. The molecule has 0 saturated heterocycles. The van der Waals surface area contributed by atoms with Gasteiger partial charge < -0.3 is 16.2 Å². The number of halogens is 1. The highest BCUT2D eigenvalue weighted by molar-refractivity contribution is 9.10. The van der Waals surface area contributed by atoms with Gasteiger partial charge in [-0.2, -0.15) is 0 Å². The topological polar surface area (TPSA) is 78.3 Å². The normalized spacial score (nSPS) is 14.0. The fourth-order valence-corrected chi connectivity index (χ4v) is 2.00. The van der Waals surface area contributed by atoms with Crippen LogP contribution in [0.3, 0.4) is 0 Å². The summed E-state index contributed by atoms with van der Waals surface area (Å²) in [6, 6.07) is 5.94. The van der Waals surface area contributed by atoms with Crippen LogP contribution in [0.25, 0.3) is 0 Å². The third-order valence-corrected chi connectivity index (χ3v) is 3.15. The van der Waals surface area contributed by atoms with Gasteiger partial charge in [0.2, 0.25) is 5.91 Å². The highest BCUT2D eigenvalue weighted by Gasteiger charge is 2.11. The van der Waals surface area contributed by atoms with Gasteiger partial charge in [-0.1, -0.05) is 13.0 Å². The molecule has 0 saturated carbocycles. The largest absolute Gasteiger partial charge is 0.492 e. The van der Waals surface area contributed by atoms with Crippen LogP contribution in [0.2, 0.25) is 0 Å². The van der Waals surface area contributed by atoms with E-state index in [0.29, 0.717) is 5.75 Å². The second-order valence-electron chi connectivity index (χ2n) is 4.56. The molecular formula is C13H19BrN2O2. The smallest absolute Gasteiger partial charge is 0.223 e. The summed E-state index contributed by atoms with van der Waals surface area (Å²) in [5.41, 5.74) is 12.1. The van der Waals surface area contributed by atoms with Gasteiger partial charge in [0.1, 0.15) is 5.75 Å². The molecule has 0 aliphatic rings. The van der Waals surface area contributed by atoms with Crippen molar-refractivity contribution in [2.75, 3.05) is 6.61 Å². The van der Waals surface area contributed by atoms with Gasteiger partial charge in [-0.25, -0.2) is 0 Å². The van der Waals surface area contributed by atoms with Crippen molar-refractivity contribution in [3.05, 3.63) is 28.2 Å². The van der Waals surface area contributed by atoms with Crippen LogP contribution in [0.4, 0.5) is 0 Å². The first-order valence-electron chi connectivity index (χ1n) is 5.86. The molecule has 0 aromatic heterocycles. The molecule has 0 bridgehead atoms. The number of hydrogen-bond acceptors (Lipinski definition) is 3. The molecule has 0 heterocycles. The molecule has 0 aliphatic heterocycles. The molecule has 4 N–H and O–H groups in total. The zero-order valence-electron chi connectivity index (χ0n) is 10.7. The van der Waals surface area contributed by atoms with Crippen LogP contribution in [-0.2, 0) is 11.2 Å². The number of carbonyl (C=O) groups excluding carboxylic acids is 1. The van der Waals surface area contributed by atoms with Crippen molar-refractivity contribution in [1.82, 2.24) is 0 Å². The summed E-state index contributed by atoms with van der Waals surface area (Å²) in [5.74, 6) is 0.0388. The molecule has 0 aliphatic carbocycles. The van der Waals surface area contributed by atoms with Gasteiger partial charge in [0.05, 0.1) is 17.0 Å². The fourth-order valence-electron chi connectivity index (χ4n) is 1.46. The van der Waals surface area contributed by atoms with Crippen LogP contribution in [-0.4, -0.2) is 18.6 Å². The van der Waals surface area contributed by atoms with Crippen molar-refractivity contribution >= 4 is 21.8 Å². The van der Waals surface area contributed by atoms with Crippen molar-refractivity contribution in [3.8, 4) is 5.75 Å². The molecule has 0 radical (unpaired) electrons. The Bertz CT molecular complexity index is 421. The molecule has 18 heavy (non-hydrogen) atoms. The number of carbonyl (C=O) groups is 1. The average molecular weight is 315 g/mol. The SMILES string of the molecule is CC(N)Cc1ccc(OCC(C)C(N)=O)c(Br)c1. The first-order valence-corrected chi connectivity index (χ1v) is 6.65. The number of amides is 1. The van der Waals surface area contributed by atoms with E-state index in [1.165, 1.54) is 0 Å². The Morgan fingerprint density at radius 2 is 2.11 bits per heavy atom. The second kappa shape index (κ2) is 6.75. The Kier molecular flexibility index (Phi) is 5.62. The van der Waals surface area contributed by atoms with Gasteiger partial charge >= 0.3 is 0 Å². The van der Waals surface area contributed by atoms with Gasteiger partial charge in [0, 0.05) is 6.04 Å². The highest BCUT2D eigenvalue weighted by Crippen LogP contribution is 2.26. The van der Waals surface area contributed by atoms with E-state index in [0.717, 1.165) is 16.5 Å². The predicted octanol–water partition coefficient (Wildman–Crippen LogP) is 1.84. The lowest BCUT2D eigenvalue weighted by atomic mass is 10.1. The van der Waals surface area contributed by atoms with E-state index in [2.05, 4.69) is 15.9 Å². The monoisotopic (exact) mass is 314 g/mol. The Hall–Kier alpha value is -1.07. The van der Waals surface area contributed by atoms with Gasteiger partial charge in [0.15, 0.2) is 0 Å². The Morgan fingerprint density at radius 1 is 1.44 bits per heavy atom. The molecule has 2 atom stereocenters. The second-order valence-corrected chi connectivity index (χ2v) is 5.41. The first-order chi connectivity index (χ1) is 8.40.